The average molecular weight is 316 g/mol. The Bertz CT molecular complexity index is 626. The van der Waals surface area contributed by atoms with Gasteiger partial charge in [0.05, 0.1) is 0 Å². The Hall–Kier alpha value is -2.26. The van der Waals surface area contributed by atoms with Crippen molar-refractivity contribution >= 4 is 23.8 Å². The predicted molar refractivity (Wildman–Crippen MR) is 89.7 cm³/mol. The van der Waals surface area contributed by atoms with Crippen LogP contribution in [0.1, 0.15) is 17.5 Å². The summed E-state index contributed by atoms with van der Waals surface area (Å²) in [6, 6.07) is 17.2. The molecular formula is C18H18ClNO2. The van der Waals surface area contributed by atoms with Crippen LogP contribution in [0.3, 0.4) is 0 Å². The van der Waals surface area contributed by atoms with Crippen LogP contribution in [0.15, 0.2) is 60.7 Å². The van der Waals surface area contributed by atoms with Gasteiger partial charge in [-0.3, -0.25) is 0 Å². The lowest BCUT2D eigenvalue weighted by Gasteiger charge is -2.05. The van der Waals surface area contributed by atoms with Crippen molar-refractivity contribution in [3.8, 4) is 0 Å². The molecule has 0 aliphatic rings. The number of amides is 1. The van der Waals surface area contributed by atoms with Crippen molar-refractivity contribution in [3.63, 3.8) is 0 Å². The van der Waals surface area contributed by atoms with E-state index in [4.69, 9.17) is 16.3 Å². The summed E-state index contributed by atoms with van der Waals surface area (Å²) < 4.78 is 5.12. The number of benzene rings is 2. The minimum atomic E-state index is -0.403. The van der Waals surface area contributed by atoms with Gasteiger partial charge in [-0.1, -0.05) is 66.2 Å². The van der Waals surface area contributed by atoms with Crippen molar-refractivity contribution < 1.29 is 9.53 Å². The first-order valence-electron chi connectivity index (χ1n) is 7.11. The molecule has 0 bridgehead atoms. The smallest absolute Gasteiger partial charge is 0.407 e. The molecule has 3 nitrogen and oxygen atoms in total. The van der Waals surface area contributed by atoms with Gasteiger partial charge >= 0.3 is 6.09 Å². The molecule has 0 radical (unpaired) electrons. The number of nitrogens with one attached hydrogen (secondary N) is 1. The Balaban J connectivity index is 1.63. The van der Waals surface area contributed by atoms with E-state index >= 15 is 0 Å². The highest BCUT2D eigenvalue weighted by atomic mass is 35.5. The molecule has 1 N–H and O–H groups in total. The zero-order chi connectivity index (χ0) is 15.6. The fourth-order valence-electron chi connectivity index (χ4n) is 1.86. The fourth-order valence-corrected chi connectivity index (χ4v) is 2.06. The lowest BCUT2D eigenvalue weighted by atomic mass is 10.2. The first kappa shape index (κ1) is 16.1. The molecule has 1 amide bonds. The maximum Gasteiger partial charge on any atom is 0.407 e. The zero-order valence-corrected chi connectivity index (χ0v) is 12.9. The van der Waals surface area contributed by atoms with Crippen LogP contribution < -0.4 is 5.32 Å². The third-order valence-electron chi connectivity index (χ3n) is 2.95. The third-order valence-corrected chi connectivity index (χ3v) is 3.19. The van der Waals surface area contributed by atoms with Crippen LogP contribution in [0.5, 0.6) is 0 Å². The average Bonchev–Trinajstić information content (AvgIpc) is 2.54. The van der Waals surface area contributed by atoms with Crippen molar-refractivity contribution in [2.24, 2.45) is 0 Å². The number of hydrogen-bond donors (Lipinski definition) is 1. The van der Waals surface area contributed by atoms with Crippen LogP contribution >= 0.6 is 11.6 Å². The number of hydrogen-bond acceptors (Lipinski definition) is 2. The molecule has 0 aliphatic heterocycles. The Labute approximate surface area is 135 Å². The molecule has 0 heterocycles. The second kappa shape index (κ2) is 8.90. The monoisotopic (exact) mass is 315 g/mol. The molecule has 0 saturated heterocycles. The normalized spacial score (nSPS) is 10.6. The number of carbonyl (C=O) groups is 1. The molecule has 0 aromatic heterocycles. The predicted octanol–water partition coefficient (Wildman–Crippen LogP) is 4.67. The summed E-state index contributed by atoms with van der Waals surface area (Å²) in [6.45, 7) is 0.815. The second-order valence-corrected chi connectivity index (χ2v) is 5.17. The minimum absolute atomic E-state index is 0.283. The molecule has 22 heavy (non-hydrogen) atoms. The number of alkyl carbamates (subject to hydrolysis) is 1. The summed E-state index contributed by atoms with van der Waals surface area (Å²) in [5.41, 5.74) is 2.01. The van der Waals surface area contributed by atoms with Crippen LogP contribution in [0.25, 0.3) is 6.08 Å². The second-order valence-electron chi connectivity index (χ2n) is 4.73. The van der Waals surface area contributed by atoms with Gasteiger partial charge in [-0.25, -0.2) is 4.79 Å². The van der Waals surface area contributed by atoms with Gasteiger partial charge < -0.3 is 10.1 Å². The van der Waals surface area contributed by atoms with Gasteiger partial charge in [-0.2, -0.15) is 0 Å². The van der Waals surface area contributed by atoms with Gasteiger partial charge in [-0.15, -0.1) is 0 Å². The molecule has 2 aromatic rings. The SMILES string of the molecule is O=C(NCCC=Cc1cccc(Cl)c1)OCc1ccccc1. The lowest BCUT2D eigenvalue weighted by Crippen LogP contribution is -2.24. The maximum absolute atomic E-state index is 11.5. The van der Waals surface area contributed by atoms with Crippen molar-refractivity contribution in [3.05, 3.63) is 76.8 Å². The quantitative estimate of drug-likeness (QED) is 0.787. The number of halogens is 1. The van der Waals surface area contributed by atoms with E-state index in [1.165, 1.54) is 0 Å². The molecule has 0 spiro atoms. The summed E-state index contributed by atoms with van der Waals surface area (Å²) in [6.07, 6.45) is 4.29. The largest absolute Gasteiger partial charge is 0.445 e. The highest BCUT2D eigenvalue weighted by molar-refractivity contribution is 6.30. The standard InChI is InChI=1S/C18H18ClNO2/c19-17-11-6-10-15(13-17)7-4-5-12-20-18(21)22-14-16-8-2-1-3-9-16/h1-4,6-11,13H,5,12,14H2,(H,20,21). The highest BCUT2D eigenvalue weighted by Crippen LogP contribution is 2.11. The molecule has 4 heteroatoms. The van der Waals surface area contributed by atoms with Crippen LogP contribution in [-0.4, -0.2) is 12.6 Å². The van der Waals surface area contributed by atoms with Crippen molar-refractivity contribution in [1.29, 1.82) is 0 Å². The Morgan fingerprint density at radius 1 is 1.14 bits per heavy atom. The van der Waals surface area contributed by atoms with Gasteiger partial charge in [0, 0.05) is 11.6 Å². The minimum Gasteiger partial charge on any atom is -0.445 e. The summed E-state index contributed by atoms with van der Waals surface area (Å²) in [5, 5.41) is 3.42. The van der Waals surface area contributed by atoms with Crippen molar-refractivity contribution in [2.45, 2.75) is 13.0 Å². The third kappa shape index (κ3) is 6.02. The van der Waals surface area contributed by atoms with E-state index in [1.807, 2.05) is 66.7 Å². The highest BCUT2D eigenvalue weighted by Gasteiger charge is 2.00. The molecule has 114 valence electrons. The van der Waals surface area contributed by atoms with Crippen molar-refractivity contribution in [2.75, 3.05) is 6.54 Å². The molecule has 0 saturated carbocycles. The number of rotatable bonds is 6. The summed E-state index contributed by atoms with van der Waals surface area (Å²) >= 11 is 5.90. The Kier molecular flexibility index (Phi) is 6.52. The van der Waals surface area contributed by atoms with Crippen LogP contribution in [0.4, 0.5) is 4.79 Å². The van der Waals surface area contributed by atoms with Crippen LogP contribution in [0, 0.1) is 0 Å². The van der Waals surface area contributed by atoms with E-state index in [2.05, 4.69) is 5.32 Å². The molecule has 0 aliphatic carbocycles. The van der Waals surface area contributed by atoms with Crippen molar-refractivity contribution in [1.82, 2.24) is 5.32 Å². The van der Waals surface area contributed by atoms with E-state index in [0.717, 1.165) is 17.5 Å². The van der Waals surface area contributed by atoms with E-state index in [-0.39, 0.29) is 6.61 Å². The van der Waals surface area contributed by atoms with Gasteiger partial charge in [-0.05, 0) is 29.7 Å². The first-order chi connectivity index (χ1) is 10.7. The van der Waals surface area contributed by atoms with E-state index in [9.17, 15) is 4.79 Å². The summed E-state index contributed by atoms with van der Waals surface area (Å²) in [7, 11) is 0. The summed E-state index contributed by atoms with van der Waals surface area (Å²) in [4.78, 5) is 11.5. The van der Waals surface area contributed by atoms with Gasteiger partial charge in [0.2, 0.25) is 0 Å². The Morgan fingerprint density at radius 2 is 1.95 bits per heavy atom. The molecule has 2 rings (SSSR count). The van der Waals surface area contributed by atoms with Crippen LogP contribution in [-0.2, 0) is 11.3 Å². The molecule has 0 fully saturated rings. The Morgan fingerprint density at radius 3 is 2.73 bits per heavy atom. The number of carbonyl (C=O) groups excluding carboxylic acids is 1. The fraction of sp³-hybridized carbons (Fsp3) is 0.167. The maximum atomic E-state index is 11.5. The molecule has 2 aromatic carbocycles. The zero-order valence-electron chi connectivity index (χ0n) is 12.2. The summed E-state index contributed by atoms with van der Waals surface area (Å²) in [5.74, 6) is 0. The first-order valence-corrected chi connectivity index (χ1v) is 7.48. The molecule has 0 unspecified atom stereocenters. The topological polar surface area (TPSA) is 38.3 Å². The van der Waals surface area contributed by atoms with E-state index in [1.54, 1.807) is 0 Å². The lowest BCUT2D eigenvalue weighted by molar-refractivity contribution is 0.140. The van der Waals surface area contributed by atoms with Gasteiger partial charge in [0.1, 0.15) is 6.61 Å². The molecular weight excluding hydrogens is 298 g/mol. The van der Waals surface area contributed by atoms with Gasteiger partial charge in [0.15, 0.2) is 0 Å². The van der Waals surface area contributed by atoms with E-state index in [0.29, 0.717) is 11.6 Å². The van der Waals surface area contributed by atoms with Gasteiger partial charge in [0.25, 0.3) is 0 Å². The molecule has 0 atom stereocenters. The van der Waals surface area contributed by atoms with E-state index < -0.39 is 6.09 Å². The number of ether oxygens (including phenoxy) is 1. The van der Waals surface area contributed by atoms with Crippen LogP contribution in [0.2, 0.25) is 5.02 Å².